The molecule has 0 bridgehead atoms. The van der Waals surface area contributed by atoms with E-state index in [4.69, 9.17) is 16.6 Å². The highest BCUT2D eigenvalue weighted by molar-refractivity contribution is 5.91. The Kier molecular flexibility index (Phi) is 3.38. The largest absolute Gasteiger partial charge is 0.396 e. The zero-order chi connectivity index (χ0) is 7.28. The summed E-state index contributed by atoms with van der Waals surface area (Å²) < 4.78 is 0. The molecule has 0 aromatic carbocycles. The van der Waals surface area contributed by atoms with Crippen LogP contribution in [0.4, 0.5) is 0 Å². The molecule has 0 atom stereocenters. The summed E-state index contributed by atoms with van der Waals surface area (Å²) in [5.74, 6) is -0.772. The van der Waals surface area contributed by atoms with Crippen molar-refractivity contribution in [1.82, 2.24) is 0 Å². The Morgan fingerprint density at radius 2 is 2.11 bits per heavy atom. The monoisotopic (exact) mass is 131 g/mol. The van der Waals surface area contributed by atoms with E-state index < -0.39 is 5.91 Å². The van der Waals surface area contributed by atoms with Gasteiger partial charge in [-0.3, -0.25) is 4.79 Å². The molecule has 0 aromatic rings. The fourth-order valence-electron chi connectivity index (χ4n) is 0.296. The molecule has 0 spiro atoms. The molecule has 0 aliphatic carbocycles. The minimum absolute atomic E-state index is 0.0299. The van der Waals surface area contributed by atoms with Crippen molar-refractivity contribution in [3.05, 3.63) is 0 Å². The first-order valence-electron chi connectivity index (χ1n) is 2.40. The van der Waals surface area contributed by atoms with E-state index in [2.05, 4.69) is 4.99 Å². The summed E-state index contributed by atoms with van der Waals surface area (Å²) in [5.41, 5.74) is 9.70. The summed E-state index contributed by atoms with van der Waals surface area (Å²) in [7, 11) is 0. The highest BCUT2D eigenvalue weighted by atomic mass is 16.3. The van der Waals surface area contributed by atoms with Gasteiger partial charge in [-0.25, -0.2) is 0 Å². The summed E-state index contributed by atoms with van der Waals surface area (Å²) >= 11 is 0. The lowest BCUT2D eigenvalue weighted by Crippen LogP contribution is -2.24. The number of rotatable bonds is 2. The molecule has 0 saturated carbocycles. The van der Waals surface area contributed by atoms with Gasteiger partial charge in [0.15, 0.2) is 5.96 Å². The minimum Gasteiger partial charge on any atom is -0.396 e. The molecule has 0 fully saturated rings. The topological polar surface area (TPSA) is 102 Å². The summed E-state index contributed by atoms with van der Waals surface area (Å²) in [4.78, 5) is 13.5. The smallest absolute Gasteiger partial charge is 0.251 e. The molecule has 0 aliphatic rings. The van der Waals surface area contributed by atoms with E-state index in [1.807, 2.05) is 0 Å². The molecule has 0 saturated heterocycles. The van der Waals surface area contributed by atoms with Gasteiger partial charge in [-0.15, -0.1) is 0 Å². The van der Waals surface area contributed by atoms with Crippen molar-refractivity contribution < 1.29 is 9.90 Å². The summed E-state index contributed by atoms with van der Waals surface area (Å²) in [6.07, 6.45) is -0.0299. The van der Waals surface area contributed by atoms with Crippen molar-refractivity contribution in [2.45, 2.75) is 6.42 Å². The molecule has 5 nitrogen and oxygen atoms in total. The van der Waals surface area contributed by atoms with Gasteiger partial charge in [-0.2, -0.15) is 4.99 Å². The van der Waals surface area contributed by atoms with Crippen LogP contribution in [-0.2, 0) is 4.79 Å². The van der Waals surface area contributed by atoms with E-state index >= 15 is 0 Å². The van der Waals surface area contributed by atoms with Crippen LogP contribution in [0, 0.1) is 0 Å². The molecule has 0 rings (SSSR count). The molecule has 9 heavy (non-hydrogen) atoms. The Hall–Kier alpha value is -1.10. The van der Waals surface area contributed by atoms with Crippen LogP contribution < -0.4 is 11.5 Å². The Labute approximate surface area is 52.4 Å². The second kappa shape index (κ2) is 3.85. The van der Waals surface area contributed by atoms with Gasteiger partial charge in [-0.05, 0) is 0 Å². The van der Waals surface area contributed by atoms with Gasteiger partial charge in [0.1, 0.15) is 0 Å². The summed E-state index contributed by atoms with van der Waals surface area (Å²) in [6, 6.07) is 0. The maximum Gasteiger partial charge on any atom is 0.251 e. The van der Waals surface area contributed by atoms with Gasteiger partial charge in [0.05, 0.1) is 13.0 Å². The van der Waals surface area contributed by atoms with E-state index in [1.165, 1.54) is 0 Å². The number of aliphatic hydroxyl groups is 1. The second-order valence-electron chi connectivity index (χ2n) is 1.40. The van der Waals surface area contributed by atoms with Gasteiger partial charge < -0.3 is 16.6 Å². The lowest BCUT2D eigenvalue weighted by molar-refractivity contribution is -0.118. The maximum atomic E-state index is 10.3. The number of guanidine groups is 1. The molecule has 0 unspecified atom stereocenters. The van der Waals surface area contributed by atoms with Crippen LogP contribution in [0.2, 0.25) is 0 Å². The Morgan fingerprint density at radius 1 is 1.56 bits per heavy atom. The van der Waals surface area contributed by atoms with Crippen LogP contribution >= 0.6 is 0 Å². The zero-order valence-corrected chi connectivity index (χ0v) is 4.87. The fraction of sp³-hybridized carbons (Fsp3) is 0.500. The molecular formula is C4H9N3O2. The SMILES string of the molecule is NC(N)=NC(=O)CCO. The van der Waals surface area contributed by atoms with E-state index in [1.54, 1.807) is 0 Å². The highest BCUT2D eigenvalue weighted by Gasteiger charge is 1.95. The van der Waals surface area contributed by atoms with E-state index in [0.717, 1.165) is 0 Å². The van der Waals surface area contributed by atoms with E-state index in [0.29, 0.717) is 0 Å². The second-order valence-corrected chi connectivity index (χ2v) is 1.40. The van der Waals surface area contributed by atoms with Gasteiger partial charge in [0, 0.05) is 0 Å². The van der Waals surface area contributed by atoms with Gasteiger partial charge >= 0.3 is 0 Å². The van der Waals surface area contributed by atoms with Crippen LogP contribution in [0.1, 0.15) is 6.42 Å². The van der Waals surface area contributed by atoms with E-state index in [-0.39, 0.29) is 19.0 Å². The Balaban J connectivity index is 3.63. The van der Waals surface area contributed by atoms with Crippen molar-refractivity contribution in [3.63, 3.8) is 0 Å². The van der Waals surface area contributed by atoms with Crippen LogP contribution in [0.5, 0.6) is 0 Å². The number of carbonyl (C=O) groups excluding carboxylic acids is 1. The molecular weight excluding hydrogens is 122 g/mol. The molecule has 5 heteroatoms. The predicted molar refractivity (Wildman–Crippen MR) is 32.5 cm³/mol. The average molecular weight is 131 g/mol. The number of nitrogens with two attached hydrogens (primary N) is 2. The first-order valence-corrected chi connectivity index (χ1v) is 2.40. The van der Waals surface area contributed by atoms with Crippen molar-refractivity contribution in [3.8, 4) is 0 Å². The van der Waals surface area contributed by atoms with E-state index in [9.17, 15) is 4.79 Å². The van der Waals surface area contributed by atoms with Gasteiger partial charge in [-0.1, -0.05) is 0 Å². The van der Waals surface area contributed by atoms with Crippen LogP contribution in [0.25, 0.3) is 0 Å². The Bertz CT molecular complexity index is 128. The lowest BCUT2D eigenvalue weighted by atomic mass is 10.4. The van der Waals surface area contributed by atoms with Crippen molar-refractivity contribution in [2.75, 3.05) is 6.61 Å². The van der Waals surface area contributed by atoms with Crippen molar-refractivity contribution in [1.29, 1.82) is 0 Å². The van der Waals surface area contributed by atoms with Crippen LogP contribution in [0.15, 0.2) is 4.99 Å². The molecule has 0 radical (unpaired) electrons. The number of hydrogen-bond donors (Lipinski definition) is 3. The molecule has 1 amide bonds. The van der Waals surface area contributed by atoms with Gasteiger partial charge in [0.2, 0.25) is 0 Å². The first kappa shape index (κ1) is 7.90. The fourth-order valence-corrected chi connectivity index (χ4v) is 0.296. The van der Waals surface area contributed by atoms with Crippen LogP contribution in [0.3, 0.4) is 0 Å². The Morgan fingerprint density at radius 3 is 2.44 bits per heavy atom. The number of carbonyl (C=O) groups is 1. The molecule has 0 aliphatic heterocycles. The van der Waals surface area contributed by atoms with Crippen LogP contribution in [-0.4, -0.2) is 23.6 Å². The third kappa shape index (κ3) is 4.76. The highest BCUT2D eigenvalue weighted by Crippen LogP contribution is 1.80. The number of amides is 1. The number of hydrogen-bond acceptors (Lipinski definition) is 2. The quantitative estimate of drug-likeness (QED) is 0.303. The molecule has 52 valence electrons. The predicted octanol–water partition coefficient (Wildman–Crippen LogP) is -1.83. The average Bonchev–Trinajstić information content (AvgIpc) is 1.63. The summed E-state index contributed by atoms with van der Waals surface area (Å²) in [6.45, 7) is -0.227. The lowest BCUT2D eigenvalue weighted by Gasteiger charge is -1.88. The first-order chi connectivity index (χ1) is 4.16. The third-order valence-corrected chi connectivity index (χ3v) is 0.579. The summed E-state index contributed by atoms with van der Waals surface area (Å²) in [5, 5.41) is 8.18. The van der Waals surface area contributed by atoms with Crippen molar-refractivity contribution >= 4 is 11.9 Å². The maximum absolute atomic E-state index is 10.3. The molecule has 0 heterocycles. The van der Waals surface area contributed by atoms with Gasteiger partial charge in [0.25, 0.3) is 5.91 Å². The minimum atomic E-state index is -0.502. The number of nitrogens with zero attached hydrogens (tertiary/aromatic N) is 1. The number of aliphatic imine (C=N–C) groups is 1. The number of aliphatic hydroxyl groups excluding tert-OH is 1. The molecule has 5 N–H and O–H groups in total. The zero-order valence-electron chi connectivity index (χ0n) is 4.87. The third-order valence-electron chi connectivity index (χ3n) is 0.579. The van der Waals surface area contributed by atoms with Crippen molar-refractivity contribution in [2.24, 2.45) is 16.5 Å². The normalized spacial score (nSPS) is 8.56. The standard InChI is InChI=1S/C4H9N3O2/c5-4(6)7-3(9)1-2-8/h8H,1-2H2,(H4,5,6,7,9). The molecule has 0 aromatic heterocycles.